The molecule has 2 N–H and O–H groups in total. The number of hydrogen-bond donors (Lipinski definition) is 2. The minimum absolute atomic E-state index is 0.143. The van der Waals surface area contributed by atoms with Gasteiger partial charge >= 0.3 is 5.97 Å². The zero-order valence-electron chi connectivity index (χ0n) is 17.7. The topological polar surface area (TPSA) is 70.4 Å². The number of aromatic nitrogens is 2. The summed E-state index contributed by atoms with van der Waals surface area (Å²) in [6.07, 6.45) is 3.74. The third-order valence-electron chi connectivity index (χ3n) is 5.85. The van der Waals surface area contributed by atoms with Gasteiger partial charge in [-0.15, -0.1) is 0 Å². The van der Waals surface area contributed by atoms with Crippen LogP contribution in [0.25, 0.3) is 5.69 Å². The Bertz CT molecular complexity index is 1290. The van der Waals surface area contributed by atoms with E-state index in [4.69, 9.17) is 12.2 Å². The Morgan fingerprint density at radius 2 is 1.82 bits per heavy atom. The van der Waals surface area contributed by atoms with Gasteiger partial charge in [0.05, 0.1) is 23.3 Å². The molecule has 5 rings (SSSR count). The van der Waals surface area contributed by atoms with Crippen molar-refractivity contribution in [3.05, 3.63) is 120 Å². The second-order valence-corrected chi connectivity index (χ2v) is 8.29. The maximum Gasteiger partial charge on any atom is 0.335 e. The molecule has 0 spiro atoms. The highest BCUT2D eigenvalue weighted by Crippen LogP contribution is 2.40. The van der Waals surface area contributed by atoms with E-state index in [0.29, 0.717) is 11.7 Å². The summed E-state index contributed by atoms with van der Waals surface area (Å²) in [4.78, 5) is 18.3. The van der Waals surface area contributed by atoms with Gasteiger partial charge in [-0.2, -0.15) is 0 Å². The molecule has 2 atom stereocenters. The first kappa shape index (κ1) is 20.9. The van der Waals surface area contributed by atoms with Gasteiger partial charge in [0.15, 0.2) is 5.11 Å². The molecule has 0 saturated carbocycles. The summed E-state index contributed by atoms with van der Waals surface area (Å²) in [5, 5.41) is 13.6. The van der Waals surface area contributed by atoms with Gasteiger partial charge in [-0.25, -0.2) is 4.79 Å². The van der Waals surface area contributed by atoms with Crippen LogP contribution in [-0.2, 0) is 6.54 Å². The summed E-state index contributed by atoms with van der Waals surface area (Å²) in [5.41, 5.74) is 4.07. The lowest BCUT2D eigenvalue weighted by molar-refractivity contribution is 0.0697. The molecule has 2 aromatic carbocycles. The van der Waals surface area contributed by atoms with E-state index in [1.165, 1.54) is 0 Å². The van der Waals surface area contributed by atoms with Crippen LogP contribution in [-0.4, -0.2) is 30.6 Å². The van der Waals surface area contributed by atoms with Crippen LogP contribution in [0.5, 0.6) is 0 Å². The number of aromatic carboxylic acids is 1. The van der Waals surface area contributed by atoms with Crippen LogP contribution in [0, 0.1) is 0 Å². The smallest absolute Gasteiger partial charge is 0.335 e. The molecule has 0 aliphatic carbocycles. The van der Waals surface area contributed by atoms with Gasteiger partial charge in [0.25, 0.3) is 0 Å². The number of carboxylic acids is 1. The molecule has 4 aromatic rings. The Kier molecular flexibility index (Phi) is 5.62. The van der Waals surface area contributed by atoms with Gasteiger partial charge in [0, 0.05) is 30.3 Å². The molecule has 7 heteroatoms. The van der Waals surface area contributed by atoms with E-state index in [-0.39, 0.29) is 17.6 Å². The van der Waals surface area contributed by atoms with Gasteiger partial charge in [-0.3, -0.25) is 4.98 Å². The second-order valence-electron chi connectivity index (χ2n) is 7.90. The Morgan fingerprint density at radius 3 is 2.58 bits per heavy atom. The maximum atomic E-state index is 11.5. The summed E-state index contributed by atoms with van der Waals surface area (Å²) in [6.45, 7) is 0.640. The molecule has 1 fully saturated rings. The van der Waals surface area contributed by atoms with Crippen LogP contribution in [0.4, 0.5) is 0 Å². The molecule has 164 valence electrons. The Balaban J connectivity index is 1.61. The number of rotatable bonds is 6. The fourth-order valence-corrected chi connectivity index (χ4v) is 4.64. The number of carbonyl (C=O) groups is 1. The van der Waals surface area contributed by atoms with Gasteiger partial charge in [0.1, 0.15) is 0 Å². The second kappa shape index (κ2) is 8.88. The van der Waals surface area contributed by atoms with Crippen LogP contribution < -0.4 is 5.32 Å². The van der Waals surface area contributed by atoms with E-state index in [0.717, 1.165) is 22.6 Å². The van der Waals surface area contributed by atoms with Crippen molar-refractivity contribution in [1.82, 2.24) is 19.8 Å². The molecular weight excluding hydrogens is 432 g/mol. The highest BCUT2D eigenvalue weighted by atomic mass is 32.1. The molecular formula is C26H22N4O2S. The summed E-state index contributed by atoms with van der Waals surface area (Å²) in [6, 6.07) is 26.8. The predicted octanol–water partition coefficient (Wildman–Crippen LogP) is 4.74. The minimum atomic E-state index is -0.952. The number of nitrogens with one attached hydrogen (secondary N) is 1. The highest BCUT2D eigenvalue weighted by molar-refractivity contribution is 7.80. The third-order valence-corrected chi connectivity index (χ3v) is 6.20. The van der Waals surface area contributed by atoms with Crippen LogP contribution in [0.2, 0.25) is 0 Å². The van der Waals surface area contributed by atoms with Gasteiger partial charge in [0.2, 0.25) is 0 Å². The molecule has 3 heterocycles. The van der Waals surface area contributed by atoms with Crippen molar-refractivity contribution in [1.29, 1.82) is 0 Å². The molecule has 0 unspecified atom stereocenters. The summed E-state index contributed by atoms with van der Waals surface area (Å²) < 4.78 is 2.03. The third kappa shape index (κ3) is 4.10. The quantitative estimate of drug-likeness (QED) is 0.410. The number of pyridine rings is 1. The lowest BCUT2D eigenvalue weighted by Crippen LogP contribution is -2.30. The van der Waals surface area contributed by atoms with Crippen molar-refractivity contribution in [2.75, 3.05) is 0 Å². The Morgan fingerprint density at radius 1 is 1.00 bits per heavy atom. The van der Waals surface area contributed by atoms with Crippen molar-refractivity contribution < 1.29 is 9.90 Å². The number of carboxylic acid groups (broad SMARTS) is 1. The first-order valence-corrected chi connectivity index (χ1v) is 11.1. The van der Waals surface area contributed by atoms with Crippen molar-refractivity contribution in [3.63, 3.8) is 0 Å². The Labute approximate surface area is 197 Å². The fraction of sp³-hybridized carbons (Fsp3) is 0.115. The molecule has 1 aliphatic heterocycles. The lowest BCUT2D eigenvalue weighted by atomic mass is 10.0. The van der Waals surface area contributed by atoms with Crippen molar-refractivity contribution >= 4 is 23.3 Å². The zero-order chi connectivity index (χ0) is 22.8. The average Bonchev–Trinajstić information content (AvgIpc) is 3.45. The number of thiocarbonyl (C=S) groups is 1. The monoisotopic (exact) mass is 454 g/mol. The van der Waals surface area contributed by atoms with E-state index in [9.17, 15) is 9.90 Å². The van der Waals surface area contributed by atoms with Crippen molar-refractivity contribution in [2.45, 2.75) is 18.6 Å². The number of hydrogen-bond acceptors (Lipinski definition) is 3. The summed E-state index contributed by atoms with van der Waals surface area (Å²) in [7, 11) is 0. The molecule has 6 nitrogen and oxygen atoms in total. The summed E-state index contributed by atoms with van der Waals surface area (Å²) >= 11 is 5.78. The van der Waals surface area contributed by atoms with E-state index in [2.05, 4.69) is 33.4 Å². The molecule has 2 aromatic heterocycles. The van der Waals surface area contributed by atoms with Crippen LogP contribution in [0.1, 0.15) is 39.4 Å². The maximum absolute atomic E-state index is 11.5. The normalized spacial score (nSPS) is 17.7. The zero-order valence-corrected chi connectivity index (χ0v) is 18.5. The standard InChI is InChI=1S/C26H22N4O2S/c31-25(32)19-10-6-11-20(16-19)29-15-7-13-22(29)24-23(21-12-4-5-14-27-21)28-26(33)30(24)17-18-8-2-1-3-9-18/h1-16,23-24H,17H2,(H,28,33)(H,31,32)/t23-,24-/m1/s1. The van der Waals surface area contributed by atoms with Crippen molar-refractivity contribution in [2.24, 2.45) is 0 Å². The molecule has 0 amide bonds. The van der Waals surface area contributed by atoms with E-state index >= 15 is 0 Å². The minimum Gasteiger partial charge on any atom is -0.478 e. The Hall–Kier alpha value is -3.97. The highest BCUT2D eigenvalue weighted by Gasteiger charge is 2.41. The van der Waals surface area contributed by atoms with Crippen LogP contribution in [0.3, 0.4) is 0 Å². The fourth-order valence-electron chi connectivity index (χ4n) is 4.34. The van der Waals surface area contributed by atoms with Gasteiger partial charge in [-0.1, -0.05) is 42.5 Å². The van der Waals surface area contributed by atoms with Crippen LogP contribution >= 0.6 is 12.2 Å². The first-order valence-electron chi connectivity index (χ1n) is 10.6. The first-order chi connectivity index (χ1) is 16.1. The average molecular weight is 455 g/mol. The van der Waals surface area contributed by atoms with Gasteiger partial charge < -0.3 is 19.9 Å². The number of benzene rings is 2. The van der Waals surface area contributed by atoms with Crippen molar-refractivity contribution in [3.8, 4) is 5.69 Å². The largest absolute Gasteiger partial charge is 0.478 e. The molecule has 33 heavy (non-hydrogen) atoms. The van der Waals surface area contributed by atoms with Crippen LogP contribution in [0.15, 0.2) is 97.3 Å². The van der Waals surface area contributed by atoms with E-state index < -0.39 is 5.97 Å². The summed E-state index contributed by atoms with van der Waals surface area (Å²) in [5.74, 6) is -0.952. The predicted molar refractivity (Wildman–Crippen MR) is 130 cm³/mol. The molecule has 0 radical (unpaired) electrons. The molecule has 1 aliphatic rings. The van der Waals surface area contributed by atoms with Gasteiger partial charge in [-0.05, 0) is 60.2 Å². The number of nitrogens with zero attached hydrogens (tertiary/aromatic N) is 3. The molecule has 0 bridgehead atoms. The van der Waals surface area contributed by atoms with E-state index in [1.54, 1.807) is 24.4 Å². The van der Waals surface area contributed by atoms with E-state index in [1.807, 2.05) is 59.3 Å². The molecule has 1 saturated heterocycles. The lowest BCUT2D eigenvalue weighted by Gasteiger charge is -2.29. The SMILES string of the molecule is O=C(O)c1cccc(-n2cccc2[C@@H]2[C@@H](c3ccccn3)NC(=S)N2Cc2ccccc2)c1.